The molecule has 1 saturated carbocycles. The molecule has 0 spiro atoms. The van der Waals surface area contributed by atoms with Gasteiger partial charge in [-0.15, -0.1) is 0 Å². The fourth-order valence-electron chi connectivity index (χ4n) is 2.32. The molecule has 0 atom stereocenters. The van der Waals surface area contributed by atoms with E-state index in [0.29, 0.717) is 0 Å². The first-order chi connectivity index (χ1) is 9.19. The predicted molar refractivity (Wildman–Crippen MR) is 84.4 cm³/mol. The van der Waals surface area contributed by atoms with Gasteiger partial charge in [0.25, 0.3) is 0 Å². The number of hydrogen-bond donors (Lipinski definition) is 1. The van der Waals surface area contributed by atoms with E-state index in [1.807, 2.05) is 0 Å². The zero-order valence-electron chi connectivity index (χ0n) is 12.6. The van der Waals surface area contributed by atoms with Crippen LogP contribution in [0.25, 0.3) is 6.08 Å². The molecule has 1 aromatic carbocycles. The molecular weight excluding hydrogens is 230 g/mol. The number of rotatable bonds is 7. The van der Waals surface area contributed by atoms with Crippen LogP contribution in [-0.2, 0) is 0 Å². The third kappa shape index (κ3) is 4.83. The Hall–Kier alpha value is -1.08. The van der Waals surface area contributed by atoms with Crippen molar-refractivity contribution in [3.8, 4) is 0 Å². The van der Waals surface area contributed by atoms with E-state index in [1.165, 1.54) is 29.5 Å². The van der Waals surface area contributed by atoms with Crippen molar-refractivity contribution in [3.63, 3.8) is 0 Å². The van der Waals surface area contributed by atoms with Crippen molar-refractivity contribution in [2.45, 2.75) is 46.0 Å². The molecule has 0 unspecified atom stereocenters. The van der Waals surface area contributed by atoms with Crippen molar-refractivity contribution >= 4 is 6.08 Å². The van der Waals surface area contributed by atoms with Crippen molar-refractivity contribution in [2.24, 2.45) is 5.92 Å². The largest absolute Gasteiger partial charge is 0.313 e. The van der Waals surface area contributed by atoms with E-state index in [4.69, 9.17) is 0 Å². The topological polar surface area (TPSA) is 12.0 Å². The van der Waals surface area contributed by atoms with Gasteiger partial charge >= 0.3 is 0 Å². The standard InChI is InChI=1S/C18H27N/c1-4-15(13-19-12-14(2)3)11-16-5-7-17(8-6-16)18-9-10-18/h5-8,11,14,18-19H,4,9-10,12-13H2,1-3H3. The molecule has 1 N–H and O–H groups in total. The first-order valence-corrected chi connectivity index (χ1v) is 7.69. The van der Waals surface area contributed by atoms with E-state index in [9.17, 15) is 0 Å². The third-order valence-electron chi connectivity index (χ3n) is 3.71. The maximum absolute atomic E-state index is 3.53. The Morgan fingerprint density at radius 3 is 2.47 bits per heavy atom. The van der Waals surface area contributed by atoms with Crippen molar-refractivity contribution in [3.05, 3.63) is 41.0 Å². The Balaban J connectivity index is 1.92. The summed E-state index contributed by atoms with van der Waals surface area (Å²) in [5, 5.41) is 3.53. The lowest BCUT2D eigenvalue weighted by molar-refractivity contribution is 0.569. The van der Waals surface area contributed by atoms with E-state index < -0.39 is 0 Å². The minimum absolute atomic E-state index is 0.718. The van der Waals surface area contributed by atoms with Gasteiger partial charge in [-0.1, -0.05) is 56.7 Å². The van der Waals surface area contributed by atoms with Crippen LogP contribution in [0.2, 0.25) is 0 Å². The highest BCUT2D eigenvalue weighted by molar-refractivity contribution is 5.54. The van der Waals surface area contributed by atoms with Crippen molar-refractivity contribution < 1.29 is 0 Å². The summed E-state index contributed by atoms with van der Waals surface area (Å²) in [6.45, 7) is 8.84. The smallest absolute Gasteiger partial charge is 0.0167 e. The van der Waals surface area contributed by atoms with Crippen LogP contribution in [0.15, 0.2) is 29.8 Å². The normalized spacial score (nSPS) is 16.1. The second-order valence-electron chi connectivity index (χ2n) is 6.12. The van der Waals surface area contributed by atoms with Gasteiger partial charge in [0.2, 0.25) is 0 Å². The molecule has 1 heteroatoms. The Kier molecular flexibility index (Phi) is 5.21. The lowest BCUT2D eigenvalue weighted by Gasteiger charge is -2.09. The van der Waals surface area contributed by atoms with Gasteiger partial charge in [-0.3, -0.25) is 0 Å². The molecule has 1 fully saturated rings. The average Bonchev–Trinajstić information content (AvgIpc) is 3.22. The lowest BCUT2D eigenvalue weighted by Crippen LogP contribution is -2.21. The molecule has 1 aromatic rings. The SMILES string of the molecule is CCC(=Cc1ccc(C2CC2)cc1)CNCC(C)C. The van der Waals surface area contributed by atoms with Crippen LogP contribution in [0.4, 0.5) is 0 Å². The van der Waals surface area contributed by atoms with Gasteiger partial charge in [0.1, 0.15) is 0 Å². The van der Waals surface area contributed by atoms with Gasteiger partial charge in [0.15, 0.2) is 0 Å². The third-order valence-corrected chi connectivity index (χ3v) is 3.71. The zero-order valence-corrected chi connectivity index (χ0v) is 12.6. The Morgan fingerprint density at radius 1 is 1.26 bits per heavy atom. The van der Waals surface area contributed by atoms with E-state index in [-0.39, 0.29) is 0 Å². The van der Waals surface area contributed by atoms with E-state index >= 15 is 0 Å². The Bertz CT molecular complexity index is 410. The molecule has 0 heterocycles. The highest BCUT2D eigenvalue weighted by atomic mass is 14.9. The summed E-state index contributed by atoms with van der Waals surface area (Å²) in [5.74, 6) is 1.58. The highest BCUT2D eigenvalue weighted by Gasteiger charge is 2.22. The van der Waals surface area contributed by atoms with Crippen LogP contribution in [0.5, 0.6) is 0 Å². The molecule has 0 amide bonds. The molecule has 0 bridgehead atoms. The van der Waals surface area contributed by atoms with E-state index in [1.54, 1.807) is 0 Å². The highest BCUT2D eigenvalue weighted by Crippen LogP contribution is 2.39. The van der Waals surface area contributed by atoms with Crippen LogP contribution in [0.3, 0.4) is 0 Å². The fourth-order valence-corrected chi connectivity index (χ4v) is 2.32. The molecule has 104 valence electrons. The van der Waals surface area contributed by atoms with Crippen molar-refractivity contribution in [1.29, 1.82) is 0 Å². The van der Waals surface area contributed by atoms with E-state index in [0.717, 1.165) is 31.3 Å². The van der Waals surface area contributed by atoms with Gasteiger partial charge in [-0.2, -0.15) is 0 Å². The average molecular weight is 257 g/mol. The molecule has 1 aliphatic rings. The summed E-state index contributed by atoms with van der Waals surface area (Å²) < 4.78 is 0. The maximum Gasteiger partial charge on any atom is 0.0167 e. The minimum atomic E-state index is 0.718. The molecule has 1 nitrogen and oxygen atoms in total. The van der Waals surface area contributed by atoms with Crippen LogP contribution in [-0.4, -0.2) is 13.1 Å². The van der Waals surface area contributed by atoms with Crippen LogP contribution < -0.4 is 5.32 Å². The second-order valence-corrected chi connectivity index (χ2v) is 6.12. The monoisotopic (exact) mass is 257 g/mol. The second kappa shape index (κ2) is 6.91. The van der Waals surface area contributed by atoms with Crippen LogP contribution >= 0.6 is 0 Å². The molecule has 0 aliphatic heterocycles. The number of nitrogens with one attached hydrogen (secondary N) is 1. The predicted octanol–water partition coefficient (Wildman–Crippen LogP) is 4.60. The zero-order chi connectivity index (χ0) is 13.7. The van der Waals surface area contributed by atoms with Gasteiger partial charge in [0, 0.05) is 6.54 Å². The molecule has 19 heavy (non-hydrogen) atoms. The minimum Gasteiger partial charge on any atom is -0.313 e. The van der Waals surface area contributed by atoms with Crippen LogP contribution in [0.1, 0.15) is 57.1 Å². The number of benzene rings is 1. The number of hydrogen-bond acceptors (Lipinski definition) is 1. The van der Waals surface area contributed by atoms with Gasteiger partial charge in [-0.05, 0) is 48.8 Å². The molecule has 1 aliphatic carbocycles. The van der Waals surface area contributed by atoms with Crippen LogP contribution in [0, 0.1) is 5.92 Å². The van der Waals surface area contributed by atoms with Gasteiger partial charge in [0.05, 0.1) is 0 Å². The molecule has 0 saturated heterocycles. The summed E-state index contributed by atoms with van der Waals surface area (Å²) in [6, 6.07) is 9.15. The summed E-state index contributed by atoms with van der Waals surface area (Å²) in [6.07, 6.45) is 6.22. The first kappa shape index (κ1) is 14.3. The first-order valence-electron chi connectivity index (χ1n) is 7.69. The molecule has 2 rings (SSSR count). The van der Waals surface area contributed by atoms with Crippen molar-refractivity contribution in [1.82, 2.24) is 5.32 Å². The maximum atomic E-state index is 3.53. The van der Waals surface area contributed by atoms with E-state index in [2.05, 4.69) is 56.4 Å². The fraction of sp³-hybridized carbons (Fsp3) is 0.556. The summed E-state index contributed by atoms with van der Waals surface area (Å²) in [4.78, 5) is 0. The van der Waals surface area contributed by atoms with Gasteiger partial charge in [-0.25, -0.2) is 0 Å². The molecule has 0 radical (unpaired) electrons. The molecule has 0 aromatic heterocycles. The molecular formula is C18H27N. The summed E-state index contributed by atoms with van der Waals surface area (Å²) in [5.41, 5.74) is 4.35. The summed E-state index contributed by atoms with van der Waals surface area (Å²) >= 11 is 0. The Morgan fingerprint density at radius 2 is 1.95 bits per heavy atom. The quantitative estimate of drug-likeness (QED) is 0.752. The van der Waals surface area contributed by atoms with Gasteiger partial charge < -0.3 is 5.32 Å². The van der Waals surface area contributed by atoms with Crippen molar-refractivity contribution in [2.75, 3.05) is 13.1 Å². The summed E-state index contributed by atoms with van der Waals surface area (Å²) in [7, 11) is 0. The Labute approximate surface area is 118 Å². The lowest BCUT2D eigenvalue weighted by atomic mass is 10.0.